The van der Waals surface area contributed by atoms with Gasteiger partial charge in [0.25, 0.3) is 5.91 Å². The topological polar surface area (TPSA) is 140 Å². The van der Waals surface area contributed by atoms with Crippen molar-refractivity contribution in [3.05, 3.63) is 71.9 Å². The Morgan fingerprint density at radius 3 is 2.16 bits per heavy atom. The molecule has 0 saturated carbocycles. The summed E-state index contributed by atoms with van der Waals surface area (Å²) in [6.07, 6.45) is 3.29. The van der Waals surface area contributed by atoms with Crippen molar-refractivity contribution in [3.63, 3.8) is 0 Å². The molecule has 3 aromatic rings. The summed E-state index contributed by atoms with van der Waals surface area (Å²) >= 11 is 0. The summed E-state index contributed by atoms with van der Waals surface area (Å²) in [5.74, 6) is -3.47. The van der Waals surface area contributed by atoms with E-state index in [-0.39, 0.29) is 23.8 Å². The third-order valence-corrected chi connectivity index (χ3v) is 6.60. The molecular formula is C27H29N3O7. The van der Waals surface area contributed by atoms with Gasteiger partial charge in [0.2, 0.25) is 0 Å². The van der Waals surface area contributed by atoms with E-state index >= 15 is 0 Å². The van der Waals surface area contributed by atoms with E-state index in [2.05, 4.69) is 9.88 Å². The smallest absolute Gasteiger partial charge is 0.414 e. The number of piperazine rings is 1. The van der Waals surface area contributed by atoms with Gasteiger partial charge in [-0.1, -0.05) is 48.5 Å². The first-order valence-corrected chi connectivity index (χ1v) is 12.1. The van der Waals surface area contributed by atoms with Crippen LogP contribution >= 0.6 is 0 Å². The summed E-state index contributed by atoms with van der Waals surface area (Å²) in [7, 11) is 0. The van der Waals surface area contributed by atoms with Gasteiger partial charge in [0.05, 0.1) is 6.04 Å². The van der Waals surface area contributed by atoms with E-state index < -0.39 is 11.9 Å². The largest absolute Gasteiger partial charge is 0.473 e. The second kappa shape index (κ2) is 11.8. The molecule has 10 heteroatoms. The Morgan fingerprint density at radius 1 is 0.892 bits per heavy atom. The van der Waals surface area contributed by atoms with Gasteiger partial charge in [-0.15, -0.1) is 0 Å². The first kappa shape index (κ1) is 26.1. The van der Waals surface area contributed by atoms with Crippen LogP contribution in [0.5, 0.6) is 0 Å². The summed E-state index contributed by atoms with van der Waals surface area (Å²) in [5.41, 5.74) is 2.66. The third kappa shape index (κ3) is 6.04. The summed E-state index contributed by atoms with van der Waals surface area (Å²) in [4.78, 5) is 52.0. The van der Waals surface area contributed by atoms with Gasteiger partial charge in [-0.2, -0.15) is 0 Å². The normalized spacial score (nSPS) is 18.6. The molecule has 3 N–H and O–H groups in total. The molecular weight excluding hydrogens is 478 g/mol. The standard InChI is InChI=1S/C25H27N3O3.C2H2O4/c29-24(20-17-26-21-10-5-4-9-19(20)21)23(18-7-2-1-3-8-18)27-12-14-28(15-13-27)25(30)22-11-6-16-31-22;3-1(4)2(5)6/h1-5,7-10,17,22-23,26H,6,11-16H2;(H,3,4)(H,5,6). The van der Waals surface area contributed by atoms with E-state index in [0.717, 1.165) is 29.3 Å². The second-order valence-corrected chi connectivity index (χ2v) is 8.90. The molecule has 2 saturated heterocycles. The number of carbonyl (C=O) groups is 4. The van der Waals surface area contributed by atoms with Crippen LogP contribution in [0.1, 0.15) is 34.8 Å². The van der Waals surface area contributed by atoms with Crippen LogP contribution in [0, 0.1) is 0 Å². The molecule has 194 valence electrons. The highest BCUT2D eigenvalue weighted by Crippen LogP contribution is 2.30. The average molecular weight is 508 g/mol. The minimum absolute atomic E-state index is 0.0857. The summed E-state index contributed by atoms with van der Waals surface area (Å²) < 4.78 is 5.58. The number of ether oxygens (including phenoxy) is 1. The number of carbonyl (C=O) groups excluding carboxylic acids is 2. The molecule has 0 spiro atoms. The Bertz CT molecular complexity index is 1250. The lowest BCUT2D eigenvalue weighted by molar-refractivity contribution is -0.159. The number of para-hydroxylation sites is 1. The number of aromatic nitrogens is 1. The summed E-state index contributed by atoms with van der Waals surface area (Å²) in [6.45, 7) is 3.22. The number of ketones is 1. The first-order chi connectivity index (χ1) is 17.9. The van der Waals surface area contributed by atoms with Crippen molar-refractivity contribution in [2.45, 2.75) is 25.0 Å². The van der Waals surface area contributed by atoms with Crippen LogP contribution in [0.4, 0.5) is 0 Å². The average Bonchev–Trinajstić information content (AvgIpc) is 3.60. The molecule has 2 aromatic carbocycles. The Balaban J connectivity index is 0.000000480. The van der Waals surface area contributed by atoms with Crippen LogP contribution in [-0.4, -0.2) is 87.5 Å². The quantitative estimate of drug-likeness (QED) is 0.354. The molecule has 10 nitrogen and oxygen atoms in total. The van der Waals surface area contributed by atoms with Crippen LogP contribution in [-0.2, 0) is 19.1 Å². The number of benzene rings is 2. The number of H-pyrrole nitrogens is 1. The monoisotopic (exact) mass is 507 g/mol. The first-order valence-electron chi connectivity index (χ1n) is 12.1. The molecule has 1 amide bonds. The lowest BCUT2D eigenvalue weighted by Gasteiger charge is -2.39. The zero-order chi connectivity index (χ0) is 26.4. The maximum Gasteiger partial charge on any atom is 0.414 e. The maximum absolute atomic E-state index is 13.8. The van der Waals surface area contributed by atoms with E-state index in [9.17, 15) is 9.59 Å². The number of hydrogen-bond acceptors (Lipinski definition) is 6. The highest BCUT2D eigenvalue weighted by atomic mass is 16.5. The number of carboxylic acid groups (broad SMARTS) is 2. The van der Waals surface area contributed by atoms with Crippen molar-refractivity contribution in [2.75, 3.05) is 32.8 Å². The number of Topliss-reactive ketones (excluding diaryl/α,β-unsaturated/α-hetero) is 1. The zero-order valence-electron chi connectivity index (χ0n) is 20.2. The van der Waals surface area contributed by atoms with E-state index in [1.165, 1.54) is 0 Å². The van der Waals surface area contributed by atoms with Gasteiger partial charge in [0, 0.05) is 55.4 Å². The lowest BCUT2D eigenvalue weighted by atomic mass is 9.95. The maximum atomic E-state index is 13.8. The van der Waals surface area contributed by atoms with Gasteiger partial charge in [0.15, 0.2) is 5.78 Å². The van der Waals surface area contributed by atoms with Gasteiger partial charge in [0.1, 0.15) is 6.10 Å². The van der Waals surface area contributed by atoms with Crippen LogP contribution in [0.3, 0.4) is 0 Å². The van der Waals surface area contributed by atoms with Crippen LogP contribution in [0.15, 0.2) is 60.8 Å². The number of amides is 1. The second-order valence-electron chi connectivity index (χ2n) is 8.90. The zero-order valence-corrected chi connectivity index (χ0v) is 20.2. The Morgan fingerprint density at radius 2 is 1.54 bits per heavy atom. The fraction of sp³-hybridized carbons (Fsp3) is 0.333. The highest BCUT2D eigenvalue weighted by Gasteiger charge is 2.35. The van der Waals surface area contributed by atoms with E-state index in [1.54, 1.807) is 0 Å². The number of hydrogen-bond donors (Lipinski definition) is 3. The van der Waals surface area contributed by atoms with Gasteiger partial charge in [-0.25, -0.2) is 9.59 Å². The van der Waals surface area contributed by atoms with Crippen molar-refractivity contribution >= 4 is 34.5 Å². The number of fused-ring (bicyclic) bond motifs is 1. The van der Waals surface area contributed by atoms with Crippen molar-refractivity contribution in [3.8, 4) is 0 Å². The molecule has 2 aliphatic rings. The molecule has 0 bridgehead atoms. The van der Waals surface area contributed by atoms with Gasteiger partial charge in [-0.05, 0) is 24.5 Å². The predicted octanol–water partition coefficient (Wildman–Crippen LogP) is 2.57. The van der Waals surface area contributed by atoms with Crippen molar-refractivity contribution in [1.82, 2.24) is 14.8 Å². The minimum atomic E-state index is -1.82. The fourth-order valence-electron chi connectivity index (χ4n) is 4.76. The van der Waals surface area contributed by atoms with Crippen molar-refractivity contribution in [1.29, 1.82) is 0 Å². The van der Waals surface area contributed by atoms with E-state index in [1.807, 2.05) is 65.7 Å². The number of carboxylic acids is 2. The SMILES string of the molecule is O=C(O)C(=O)O.O=C(c1c[nH]c2ccccc12)C(c1ccccc1)N1CCN(C(=O)C2CCCO2)CC1. The van der Waals surface area contributed by atoms with Gasteiger partial charge < -0.3 is 24.8 Å². The van der Waals surface area contributed by atoms with Crippen molar-refractivity contribution < 1.29 is 34.1 Å². The number of nitrogens with zero attached hydrogens (tertiary/aromatic N) is 2. The van der Waals surface area contributed by atoms with Gasteiger partial charge >= 0.3 is 11.9 Å². The van der Waals surface area contributed by atoms with Crippen LogP contribution in [0.25, 0.3) is 10.9 Å². The molecule has 3 heterocycles. The van der Waals surface area contributed by atoms with Crippen LogP contribution < -0.4 is 0 Å². The lowest BCUT2D eigenvalue weighted by Crippen LogP contribution is -2.53. The van der Waals surface area contributed by atoms with Gasteiger partial charge in [-0.3, -0.25) is 14.5 Å². The highest BCUT2D eigenvalue weighted by molar-refractivity contribution is 6.27. The Kier molecular flexibility index (Phi) is 8.32. The number of aliphatic carboxylic acids is 2. The fourth-order valence-corrected chi connectivity index (χ4v) is 4.76. The molecule has 2 atom stereocenters. The molecule has 5 rings (SSSR count). The minimum Gasteiger partial charge on any atom is -0.473 e. The number of nitrogens with one attached hydrogen (secondary N) is 1. The Hall–Kier alpha value is -4.02. The van der Waals surface area contributed by atoms with E-state index in [4.69, 9.17) is 24.5 Å². The molecule has 0 aliphatic carbocycles. The molecule has 2 aliphatic heterocycles. The summed E-state index contributed by atoms with van der Waals surface area (Å²) in [6, 6.07) is 17.5. The summed E-state index contributed by atoms with van der Waals surface area (Å²) in [5, 5.41) is 15.7. The molecule has 2 fully saturated rings. The van der Waals surface area contributed by atoms with Crippen LogP contribution in [0.2, 0.25) is 0 Å². The molecule has 2 unspecified atom stereocenters. The van der Waals surface area contributed by atoms with Crippen molar-refractivity contribution in [2.24, 2.45) is 0 Å². The molecule has 1 aromatic heterocycles. The third-order valence-electron chi connectivity index (χ3n) is 6.60. The Labute approximate surface area is 213 Å². The number of aromatic amines is 1. The number of rotatable bonds is 5. The molecule has 37 heavy (non-hydrogen) atoms. The predicted molar refractivity (Wildman–Crippen MR) is 134 cm³/mol. The van der Waals surface area contributed by atoms with E-state index in [0.29, 0.717) is 38.3 Å². The molecule has 0 radical (unpaired) electrons.